The Morgan fingerprint density at radius 1 is 0.886 bits per heavy atom. The molecule has 0 aliphatic heterocycles. The molecule has 3 aromatic heterocycles. The van der Waals surface area contributed by atoms with Gasteiger partial charge in [-0.05, 0) is 56.8 Å². The van der Waals surface area contributed by atoms with Crippen LogP contribution >= 0.6 is 0 Å². The standard InChI is InChI=1S/C28H25F2N5/c1-18-7-5-12-25(32-18)28-27(20-13-15-31-24-11-4-3-8-19(20)24)33-26(34-28)17-35(2)16-14-21-22(29)9-6-10-23(21)30/h3-13,15H,14,16-17H2,1-2H3,(H,33,34). The number of H-pyrrole nitrogens is 1. The number of aromatic nitrogens is 4. The van der Waals surface area contributed by atoms with Crippen LogP contribution in [0.1, 0.15) is 17.1 Å². The molecule has 2 aromatic carbocycles. The molecule has 0 amide bonds. The number of para-hydroxylation sites is 1. The molecular weight excluding hydrogens is 444 g/mol. The summed E-state index contributed by atoms with van der Waals surface area (Å²) in [6.45, 7) is 2.92. The predicted molar refractivity (Wildman–Crippen MR) is 134 cm³/mol. The van der Waals surface area contributed by atoms with E-state index in [1.54, 1.807) is 6.20 Å². The summed E-state index contributed by atoms with van der Waals surface area (Å²) < 4.78 is 28.1. The molecule has 0 spiro atoms. The molecule has 5 aromatic rings. The summed E-state index contributed by atoms with van der Waals surface area (Å²) in [5, 5.41) is 1.00. The molecule has 0 saturated heterocycles. The van der Waals surface area contributed by atoms with E-state index in [4.69, 9.17) is 9.97 Å². The molecule has 7 heteroatoms. The summed E-state index contributed by atoms with van der Waals surface area (Å²) in [4.78, 5) is 19.6. The summed E-state index contributed by atoms with van der Waals surface area (Å²) in [5.74, 6) is -0.289. The first-order valence-electron chi connectivity index (χ1n) is 11.5. The largest absolute Gasteiger partial charge is 0.339 e. The van der Waals surface area contributed by atoms with Gasteiger partial charge in [-0.3, -0.25) is 14.9 Å². The number of hydrogen-bond acceptors (Lipinski definition) is 4. The van der Waals surface area contributed by atoms with Gasteiger partial charge in [0.2, 0.25) is 0 Å². The molecule has 0 atom stereocenters. The highest BCUT2D eigenvalue weighted by Gasteiger charge is 2.19. The summed E-state index contributed by atoms with van der Waals surface area (Å²) in [6.07, 6.45) is 2.05. The molecule has 0 fully saturated rings. The monoisotopic (exact) mass is 469 g/mol. The van der Waals surface area contributed by atoms with Gasteiger partial charge in [-0.15, -0.1) is 0 Å². The number of fused-ring (bicyclic) bond motifs is 1. The summed E-state index contributed by atoms with van der Waals surface area (Å²) >= 11 is 0. The maximum absolute atomic E-state index is 14.0. The Morgan fingerprint density at radius 2 is 1.66 bits per heavy atom. The number of imidazole rings is 1. The molecule has 35 heavy (non-hydrogen) atoms. The fraction of sp³-hybridized carbons (Fsp3) is 0.179. The number of likely N-dealkylation sites (N-methyl/N-ethyl adjacent to an activating group) is 1. The van der Waals surface area contributed by atoms with Crippen molar-refractivity contribution in [3.8, 4) is 22.6 Å². The smallest absolute Gasteiger partial charge is 0.129 e. The lowest BCUT2D eigenvalue weighted by atomic mass is 10.0. The Kier molecular flexibility index (Phi) is 6.33. The van der Waals surface area contributed by atoms with Crippen molar-refractivity contribution in [2.75, 3.05) is 13.6 Å². The highest BCUT2D eigenvalue weighted by atomic mass is 19.1. The summed E-state index contributed by atoms with van der Waals surface area (Å²) in [6, 6.07) is 19.8. The minimum absolute atomic E-state index is 0.104. The van der Waals surface area contributed by atoms with Crippen molar-refractivity contribution in [3.05, 3.63) is 102 Å². The van der Waals surface area contributed by atoms with Crippen LogP contribution in [-0.4, -0.2) is 38.4 Å². The van der Waals surface area contributed by atoms with E-state index in [2.05, 4.69) is 9.97 Å². The number of aromatic amines is 1. The third-order valence-electron chi connectivity index (χ3n) is 6.03. The molecule has 0 radical (unpaired) electrons. The van der Waals surface area contributed by atoms with Crippen LogP contribution in [0.4, 0.5) is 8.78 Å². The van der Waals surface area contributed by atoms with Crippen LogP contribution in [0.25, 0.3) is 33.5 Å². The molecule has 5 rings (SSSR count). The second-order valence-corrected chi connectivity index (χ2v) is 8.63. The van der Waals surface area contributed by atoms with Crippen molar-refractivity contribution in [3.63, 3.8) is 0 Å². The summed E-state index contributed by atoms with van der Waals surface area (Å²) in [7, 11) is 1.91. The van der Waals surface area contributed by atoms with Crippen molar-refractivity contribution in [1.29, 1.82) is 0 Å². The Morgan fingerprint density at radius 3 is 2.46 bits per heavy atom. The van der Waals surface area contributed by atoms with Gasteiger partial charge < -0.3 is 4.98 Å². The SMILES string of the molecule is Cc1cccc(-c2[nH]c(CN(C)CCc3c(F)cccc3F)nc2-c2ccnc3ccccc23)n1. The van der Waals surface area contributed by atoms with Crippen molar-refractivity contribution >= 4 is 10.9 Å². The maximum Gasteiger partial charge on any atom is 0.129 e. The Balaban J connectivity index is 1.48. The van der Waals surface area contributed by atoms with Gasteiger partial charge in [0.05, 0.1) is 29.1 Å². The van der Waals surface area contributed by atoms with Gasteiger partial charge in [0.1, 0.15) is 17.5 Å². The van der Waals surface area contributed by atoms with Gasteiger partial charge in [-0.1, -0.05) is 30.3 Å². The van der Waals surface area contributed by atoms with Crippen LogP contribution in [-0.2, 0) is 13.0 Å². The van der Waals surface area contributed by atoms with E-state index in [1.165, 1.54) is 18.2 Å². The average molecular weight is 470 g/mol. The number of halogens is 2. The molecule has 3 heterocycles. The first-order chi connectivity index (χ1) is 17.0. The van der Waals surface area contributed by atoms with E-state index < -0.39 is 11.6 Å². The van der Waals surface area contributed by atoms with Gasteiger partial charge in [-0.2, -0.15) is 0 Å². The highest BCUT2D eigenvalue weighted by molar-refractivity contribution is 5.96. The van der Waals surface area contributed by atoms with Gasteiger partial charge in [0, 0.05) is 34.9 Å². The number of aryl methyl sites for hydroxylation is 1. The van der Waals surface area contributed by atoms with E-state index in [9.17, 15) is 8.78 Å². The Bertz CT molecular complexity index is 1470. The van der Waals surface area contributed by atoms with Gasteiger partial charge in [-0.25, -0.2) is 13.8 Å². The average Bonchev–Trinajstić information content (AvgIpc) is 3.27. The summed E-state index contributed by atoms with van der Waals surface area (Å²) in [5.41, 5.74) is 5.30. The second kappa shape index (κ2) is 9.72. The number of benzene rings is 2. The zero-order chi connectivity index (χ0) is 24.4. The molecule has 0 aliphatic carbocycles. The molecule has 0 saturated carbocycles. The molecule has 0 aliphatic rings. The molecule has 5 nitrogen and oxygen atoms in total. The van der Waals surface area contributed by atoms with Crippen LogP contribution < -0.4 is 0 Å². The van der Waals surface area contributed by atoms with E-state index in [0.29, 0.717) is 13.1 Å². The fourth-order valence-electron chi connectivity index (χ4n) is 4.27. The van der Waals surface area contributed by atoms with E-state index in [-0.39, 0.29) is 12.0 Å². The van der Waals surface area contributed by atoms with Crippen molar-refractivity contribution in [2.45, 2.75) is 19.9 Å². The number of nitrogens with one attached hydrogen (secondary N) is 1. The number of hydrogen-bond donors (Lipinski definition) is 1. The first-order valence-corrected chi connectivity index (χ1v) is 11.5. The number of pyridine rings is 2. The lowest BCUT2D eigenvalue weighted by Gasteiger charge is -2.15. The van der Waals surface area contributed by atoms with Crippen LogP contribution in [0, 0.1) is 18.6 Å². The quantitative estimate of drug-likeness (QED) is 0.320. The van der Waals surface area contributed by atoms with Gasteiger partial charge in [0.15, 0.2) is 0 Å². The van der Waals surface area contributed by atoms with Crippen LogP contribution in [0.15, 0.2) is 72.9 Å². The molecule has 1 N–H and O–H groups in total. The topological polar surface area (TPSA) is 57.7 Å². The van der Waals surface area contributed by atoms with E-state index >= 15 is 0 Å². The fourth-order valence-corrected chi connectivity index (χ4v) is 4.27. The van der Waals surface area contributed by atoms with Crippen LogP contribution in [0.2, 0.25) is 0 Å². The van der Waals surface area contributed by atoms with E-state index in [1.807, 2.05) is 67.4 Å². The van der Waals surface area contributed by atoms with Crippen molar-refractivity contribution in [2.24, 2.45) is 0 Å². The number of rotatable bonds is 7. The van der Waals surface area contributed by atoms with Crippen LogP contribution in [0.3, 0.4) is 0 Å². The molecule has 176 valence electrons. The minimum Gasteiger partial charge on any atom is -0.339 e. The number of nitrogens with zero attached hydrogens (tertiary/aromatic N) is 4. The van der Waals surface area contributed by atoms with Crippen molar-refractivity contribution < 1.29 is 8.78 Å². The van der Waals surface area contributed by atoms with E-state index in [0.717, 1.165) is 45.1 Å². The van der Waals surface area contributed by atoms with Crippen LogP contribution in [0.5, 0.6) is 0 Å². The third kappa shape index (κ3) is 4.81. The lowest BCUT2D eigenvalue weighted by molar-refractivity contribution is 0.320. The zero-order valence-corrected chi connectivity index (χ0v) is 19.6. The minimum atomic E-state index is -0.518. The third-order valence-corrected chi connectivity index (χ3v) is 6.03. The molecular formula is C28H25F2N5. The second-order valence-electron chi connectivity index (χ2n) is 8.63. The predicted octanol–water partition coefficient (Wildman–Crippen LogP) is 5.95. The Hall–Kier alpha value is -3.97. The normalized spacial score (nSPS) is 11.5. The Labute approximate surface area is 202 Å². The maximum atomic E-state index is 14.0. The zero-order valence-electron chi connectivity index (χ0n) is 19.6. The lowest BCUT2D eigenvalue weighted by Crippen LogP contribution is -2.22. The molecule has 0 unspecified atom stereocenters. The first kappa shape index (κ1) is 22.8. The molecule has 0 bridgehead atoms. The van der Waals surface area contributed by atoms with Gasteiger partial charge >= 0.3 is 0 Å². The van der Waals surface area contributed by atoms with Gasteiger partial charge in [0.25, 0.3) is 0 Å². The highest BCUT2D eigenvalue weighted by Crippen LogP contribution is 2.33. The van der Waals surface area contributed by atoms with Crippen molar-refractivity contribution in [1.82, 2.24) is 24.8 Å².